The first kappa shape index (κ1) is 30.5. The Balaban J connectivity index is 1.21. The maximum Gasteiger partial charge on any atom is 0.310 e. The summed E-state index contributed by atoms with van der Waals surface area (Å²) in [7, 11) is 0. The molecular formula is C31H41Cl2N3O4. The summed E-state index contributed by atoms with van der Waals surface area (Å²) in [6.07, 6.45) is 3.82. The van der Waals surface area contributed by atoms with Crippen molar-refractivity contribution in [2.75, 3.05) is 55.9 Å². The topological polar surface area (TPSA) is 62.3 Å². The van der Waals surface area contributed by atoms with E-state index in [1.165, 1.54) is 0 Å². The first-order chi connectivity index (χ1) is 19.2. The largest absolute Gasteiger partial charge is 0.494 e. The number of anilines is 2. The lowest BCUT2D eigenvalue weighted by molar-refractivity contribution is -0.148. The fraction of sp³-hybridized carbons (Fsp3) is 0.548. The highest BCUT2D eigenvalue weighted by molar-refractivity contribution is 6.43. The average molecular weight is 591 g/mol. The fourth-order valence-corrected chi connectivity index (χ4v) is 5.81. The van der Waals surface area contributed by atoms with Crippen LogP contribution in [0.4, 0.5) is 11.4 Å². The van der Waals surface area contributed by atoms with Crippen LogP contribution in [-0.2, 0) is 20.7 Å². The van der Waals surface area contributed by atoms with E-state index in [0.29, 0.717) is 35.4 Å². The number of nitrogens with zero attached hydrogens (tertiary/aromatic N) is 3. The van der Waals surface area contributed by atoms with Gasteiger partial charge < -0.3 is 14.4 Å². The summed E-state index contributed by atoms with van der Waals surface area (Å²) in [4.78, 5) is 31.5. The van der Waals surface area contributed by atoms with Gasteiger partial charge in [0, 0.05) is 38.7 Å². The molecule has 0 bridgehead atoms. The Hall–Kier alpha value is -2.48. The molecule has 2 aromatic carbocycles. The van der Waals surface area contributed by atoms with Crippen LogP contribution in [0, 0.1) is 11.8 Å². The Morgan fingerprint density at radius 2 is 1.75 bits per heavy atom. The van der Waals surface area contributed by atoms with Crippen molar-refractivity contribution < 1.29 is 19.1 Å². The van der Waals surface area contributed by atoms with Gasteiger partial charge in [-0.25, -0.2) is 0 Å². The van der Waals surface area contributed by atoms with Crippen molar-refractivity contribution in [1.82, 2.24) is 4.90 Å². The lowest BCUT2D eigenvalue weighted by Gasteiger charge is -2.36. The third-order valence-corrected chi connectivity index (χ3v) is 8.41. The highest BCUT2D eigenvalue weighted by atomic mass is 35.5. The van der Waals surface area contributed by atoms with Gasteiger partial charge in [-0.05, 0) is 61.9 Å². The van der Waals surface area contributed by atoms with E-state index in [0.717, 1.165) is 74.7 Å². The predicted molar refractivity (Wildman–Crippen MR) is 162 cm³/mol. The minimum atomic E-state index is -0.268. The van der Waals surface area contributed by atoms with Crippen LogP contribution in [0.25, 0.3) is 0 Å². The molecule has 40 heavy (non-hydrogen) atoms. The van der Waals surface area contributed by atoms with Gasteiger partial charge in [0.1, 0.15) is 5.75 Å². The van der Waals surface area contributed by atoms with Crippen LogP contribution in [0.15, 0.2) is 36.4 Å². The van der Waals surface area contributed by atoms with Gasteiger partial charge in [-0.1, -0.05) is 56.1 Å². The van der Waals surface area contributed by atoms with E-state index >= 15 is 0 Å². The second-order valence-corrected chi connectivity index (χ2v) is 12.0. The highest BCUT2D eigenvalue weighted by Gasteiger charge is 2.27. The van der Waals surface area contributed by atoms with Crippen molar-refractivity contribution in [3.8, 4) is 5.75 Å². The van der Waals surface area contributed by atoms with Crippen molar-refractivity contribution in [1.29, 1.82) is 0 Å². The fourth-order valence-electron chi connectivity index (χ4n) is 5.40. The first-order valence-corrected chi connectivity index (χ1v) is 15.1. The first-order valence-electron chi connectivity index (χ1n) is 14.4. The number of rotatable bonds is 12. The summed E-state index contributed by atoms with van der Waals surface area (Å²) in [5, 5.41) is 1.22. The number of aryl methyl sites for hydroxylation is 1. The average Bonchev–Trinajstić information content (AvgIpc) is 2.93. The van der Waals surface area contributed by atoms with Crippen LogP contribution in [0.1, 0.15) is 52.0 Å². The van der Waals surface area contributed by atoms with E-state index < -0.39 is 0 Å². The summed E-state index contributed by atoms with van der Waals surface area (Å²) in [6, 6.07) is 11.7. The molecule has 4 rings (SSSR count). The number of carbonyl (C=O) groups excluding carboxylic acids is 2. The lowest BCUT2D eigenvalue weighted by atomic mass is 9.99. The third-order valence-electron chi connectivity index (χ3n) is 7.60. The highest BCUT2D eigenvalue weighted by Crippen LogP contribution is 2.33. The molecule has 7 nitrogen and oxygen atoms in total. The van der Waals surface area contributed by atoms with Crippen LogP contribution >= 0.6 is 23.2 Å². The second-order valence-electron chi connectivity index (χ2n) is 11.2. The smallest absolute Gasteiger partial charge is 0.310 e. The standard InChI is InChI=1S/C31H41Cl2N3O4/c1-22(2)19-23(3)31(38)40-21-36-28-20-25(11-9-24(28)10-12-29(36)37)39-18-5-4-13-34-14-16-35(17-15-34)27-8-6-7-26(32)30(27)33/h6-9,11,20,22-23H,4-5,10,12-19,21H2,1-3H3. The van der Waals surface area contributed by atoms with Crippen LogP contribution in [-0.4, -0.2) is 62.8 Å². The normalized spacial score (nSPS) is 16.7. The minimum absolute atomic E-state index is 0.0355. The van der Waals surface area contributed by atoms with Gasteiger partial charge >= 0.3 is 5.97 Å². The molecule has 0 radical (unpaired) electrons. The molecule has 1 atom stereocenters. The Kier molecular flexibility index (Phi) is 11.0. The van der Waals surface area contributed by atoms with E-state index in [-0.39, 0.29) is 24.5 Å². The molecule has 2 aliphatic heterocycles. The zero-order chi connectivity index (χ0) is 28.6. The third kappa shape index (κ3) is 8.05. The number of hydrogen-bond acceptors (Lipinski definition) is 6. The maximum absolute atomic E-state index is 12.7. The van der Waals surface area contributed by atoms with Crippen LogP contribution in [0.3, 0.4) is 0 Å². The van der Waals surface area contributed by atoms with Crippen molar-refractivity contribution in [2.24, 2.45) is 11.8 Å². The number of hydrogen-bond donors (Lipinski definition) is 0. The number of carbonyl (C=O) groups is 2. The van der Waals surface area contributed by atoms with Gasteiger partial charge in [0.05, 0.1) is 33.9 Å². The molecule has 0 aliphatic carbocycles. The van der Waals surface area contributed by atoms with E-state index in [1.807, 2.05) is 43.3 Å². The number of halogens is 2. The number of amides is 1. The molecule has 2 aromatic rings. The molecular weight excluding hydrogens is 549 g/mol. The maximum atomic E-state index is 12.7. The van der Waals surface area contributed by atoms with Crippen LogP contribution < -0.4 is 14.5 Å². The number of fused-ring (bicyclic) bond motifs is 1. The van der Waals surface area contributed by atoms with Gasteiger partial charge in [-0.2, -0.15) is 0 Å². The number of benzene rings is 2. The molecule has 1 amide bonds. The minimum Gasteiger partial charge on any atom is -0.494 e. The molecule has 0 N–H and O–H groups in total. The summed E-state index contributed by atoms with van der Waals surface area (Å²) in [5.74, 6) is 0.635. The van der Waals surface area contributed by atoms with Gasteiger partial charge in [0.25, 0.3) is 0 Å². The van der Waals surface area contributed by atoms with Gasteiger partial charge in [-0.3, -0.25) is 19.4 Å². The van der Waals surface area contributed by atoms with Crippen LogP contribution in [0.5, 0.6) is 5.75 Å². The summed E-state index contributed by atoms with van der Waals surface area (Å²) in [5.41, 5.74) is 2.85. The predicted octanol–water partition coefficient (Wildman–Crippen LogP) is 6.44. The van der Waals surface area contributed by atoms with Gasteiger partial charge in [0.2, 0.25) is 5.91 Å². The lowest BCUT2D eigenvalue weighted by Crippen LogP contribution is -2.46. The zero-order valence-corrected chi connectivity index (χ0v) is 25.3. The van der Waals surface area contributed by atoms with Gasteiger partial charge in [-0.15, -0.1) is 0 Å². The number of esters is 1. The van der Waals surface area contributed by atoms with Crippen LogP contribution in [0.2, 0.25) is 10.0 Å². The summed E-state index contributed by atoms with van der Waals surface area (Å²) >= 11 is 12.6. The Morgan fingerprint density at radius 1 is 0.975 bits per heavy atom. The number of piperazine rings is 1. The zero-order valence-electron chi connectivity index (χ0n) is 23.8. The van der Waals surface area contributed by atoms with E-state index in [2.05, 4.69) is 23.6 Å². The Labute approximate surface area is 248 Å². The molecule has 9 heteroatoms. The molecule has 0 aromatic heterocycles. The van der Waals surface area contributed by atoms with Crippen molar-refractivity contribution in [2.45, 2.75) is 52.9 Å². The summed E-state index contributed by atoms with van der Waals surface area (Å²) in [6.45, 7) is 11.4. The Morgan fingerprint density at radius 3 is 2.50 bits per heavy atom. The van der Waals surface area contributed by atoms with Crippen molar-refractivity contribution >= 4 is 46.5 Å². The van der Waals surface area contributed by atoms with Gasteiger partial charge in [0.15, 0.2) is 6.73 Å². The monoisotopic (exact) mass is 589 g/mol. The molecule has 2 aliphatic rings. The number of ether oxygens (including phenoxy) is 2. The second kappa shape index (κ2) is 14.4. The molecule has 2 heterocycles. The molecule has 0 saturated carbocycles. The summed E-state index contributed by atoms with van der Waals surface area (Å²) < 4.78 is 11.6. The molecule has 1 saturated heterocycles. The van der Waals surface area contributed by atoms with E-state index in [4.69, 9.17) is 32.7 Å². The molecule has 0 spiro atoms. The number of unbranched alkanes of at least 4 members (excludes halogenated alkanes) is 1. The van der Waals surface area contributed by atoms with Crippen molar-refractivity contribution in [3.63, 3.8) is 0 Å². The van der Waals surface area contributed by atoms with E-state index in [1.54, 1.807) is 4.90 Å². The molecule has 1 unspecified atom stereocenters. The molecule has 1 fully saturated rings. The van der Waals surface area contributed by atoms with E-state index in [9.17, 15) is 9.59 Å². The van der Waals surface area contributed by atoms with Crippen molar-refractivity contribution in [3.05, 3.63) is 52.0 Å². The Bertz CT molecular complexity index is 1170. The SMILES string of the molecule is CC(C)CC(C)C(=O)OCN1C(=O)CCc2ccc(OCCCCN3CCN(c4cccc(Cl)c4Cl)CC3)cc21. The molecule has 218 valence electrons. The quantitative estimate of drug-likeness (QED) is 0.210.